The highest BCUT2D eigenvalue weighted by Crippen LogP contribution is 2.34. The van der Waals surface area contributed by atoms with Crippen LogP contribution in [0.1, 0.15) is 29.7 Å². The number of aliphatic hydroxyl groups is 1. The second-order valence-electron chi connectivity index (χ2n) is 4.50. The van der Waals surface area contributed by atoms with Crippen LogP contribution in [-0.2, 0) is 0 Å². The third-order valence-electron chi connectivity index (χ3n) is 3.09. The average molecular weight is 400 g/mol. The fourth-order valence-electron chi connectivity index (χ4n) is 2.02. The number of aryl methyl sites for hydroxylation is 1. The van der Waals surface area contributed by atoms with Crippen LogP contribution in [0.3, 0.4) is 0 Å². The molecule has 0 saturated carbocycles. The predicted octanol–water partition coefficient (Wildman–Crippen LogP) is 5.00. The van der Waals surface area contributed by atoms with Gasteiger partial charge in [-0.2, -0.15) is 0 Å². The molecule has 0 heterocycles. The molecule has 0 bridgehead atoms. The molecule has 1 atom stereocenters. The number of hydrogen-bond donors (Lipinski definition) is 1. The largest absolute Gasteiger partial charge is 0.493 e. The van der Waals surface area contributed by atoms with Gasteiger partial charge in [-0.3, -0.25) is 0 Å². The molecule has 2 aromatic carbocycles. The van der Waals surface area contributed by atoms with E-state index in [0.29, 0.717) is 6.61 Å². The Kier molecular flexibility index (Phi) is 5.24. The van der Waals surface area contributed by atoms with Crippen molar-refractivity contribution >= 4 is 31.9 Å². The Bertz CT molecular complexity index is 611. The van der Waals surface area contributed by atoms with Gasteiger partial charge in [0.15, 0.2) is 0 Å². The van der Waals surface area contributed by atoms with E-state index in [2.05, 4.69) is 31.9 Å². The van der Waals surface area contributed by atoms with Crippen LogP contribution in [0.2, 0.25) is 0 Å². The second kappa shape index (κ2) is 6.74. The van der Waals surface area contributed by atoms with Crippen LogP contribution in [0.5, 0.6) is 5.75 Å². The van der Waals surface area contributed by atoms with Crippen LogP contribution in [0.25, 0.3) is 0 Å². The molecule has 0 aliphatic rings. The molecule has 106 valence electrons. The van der Waals surface area contributed by atoms with Crippen molar-refractivity contribution < 1.29 is 9.84 Å². The van der Waals surface area contributed by atoms with Crippen molar-refractivity contribution in [3.05, 3.63) is 62.0 Å². The van der Waals surface area contributed by atoms with E-state index in [1.54, 1.807) is 0 Å². The summed E-state index contributed by atoms with van der Waals surface area (Å²) in [5.41, 5.74) is 2.79. The van der Waals surface area contributed by atoms with Crippen molar-refractivity contribution in [3.63, 3.8) is 0 Å². The zero-order valence-corrected chi connectivity index (χ0v) is 14.5. The van der Waals surface area contributed by atoms with Crippen LogP contribution >= 0.6 is 31.9 Å². The Hall–Kier alpha value is -0.840. The summed E-state index contributed by atoms with van der Waals surface area (Å²) in [7, 11) is 0. The number of halogens is 2. The normalized spacial score (nSPS) is 12.2. The van der Waals surface area contributed by atoms with Crippen LogP contribution < -0.4 is 4.74 Å². The van der Waals surface area contributed by atoms with Gasteiger partial charge in [0, 0.05) is 4.47 Å². The van der Waals surface area contributed by atoms with Crippen molar-refractivity contribution in [1.82, 2.24) is 0 Å². The van der Waals surface area contributed by atoms with E-state index in [0.717, 1.165) is 31.4 Å². The van der Waals surface area contributed by atoms with Gasteiger partial charge in [0.05, 0.1) is 11.1 Å². The molecule has 20 heavy (non-hydrogen) atoms. The zero-order chi connectivity index (χ0) is 14.7. The minimum absolute atomic E-state index is 0.615. The molecule has 1 unspecified atom stereocenters. The van der Waals surface area contributed by atoms with Gasteiger partial charge in [-0.25, -0.2) is 0 Å². The minimum Gasteiger partial charge on any atom is -0.493 e. The smallest absolute Gasteiger partial charge is 0.133 e. The van der Waals surface area contributed by atoms with Crippen molar-refractivity contribution in [2.24, 2.45) is 0 Å². The monoisotopic (exact) mass is 398 g/mol. The molecule has 0 amide bonds. The minimum atomic E-state index is -0.670. The van der Waals surface area contributed by atoms with Crippen molar-refractivity contribution in [2.75, 3.05) is 6.61 Å². The summed E-state index contributed by atoms with van der Waals surface area (Å²) in [5, 5.41) is 10.6. The fourth-order valence-corrected chi connectivity index (χ4v) is 3.01. The molecule has 2 aromatic rings. The SMILES string of the molecule is CCOc1ccc(C(O)c2cccc(C)c2Br)cc1Br. The Balaban J connectivity index is 2.36. The van der Waals surface area contributed by atoms with Gasteiger partial charge < -0.3 is 9.84 Å². The first-order valence-electron chi connectivity index (χ1n) is 6.40. The van der Waals surface area contributed by atoms with E-state index in [9.17, 15) is 5.11 Å². The van der Waals surface area contributed by atoms with Gasteiger partial charge in [0.1, 0.15) is 11.9 Å². The first kappa shape index (κ1) is 15.5. The molecule has 0 aromatic heterocycles. The molecule has 0 aliphatic heterocycles. The van der Waals surface area contributed by atoms with E-state index in [-0.39, 0.29) is 0 Å². The lowest BCUT2D eigenvalue weighted by atomic mass is 10.00. The molecule has 1 N–H and O–H groups in total. The Labute approximate surface area is 136 Å². The molecule has 0 saturated heterocycles. The maximum atomic E-state index is 10.6. The standard InChI is InChI=1S/C16H16Br2O2/c1-3-20-14-8-7-11(9-13(14)17)16(19)12-6-4-5-10(2)15(12)18/h4-9,16,19H,3H2,1-2H3. The maximum Gasteiger partial charge on any atom is 0.133 e. The molecular weight excluding hydrogens is 384 g/mol. The highest BCUT2D eigenvalue weighted by molar-refractivity contribution is 9.10. The lowest BCUT2D eigenvalue weighted by molar-refractivity contribution is 0.219. The molecule has 2 nitrogen and oxygen atoms in total. The predicted molar refractivity (Wildman–Crippen MR) is 88.3 cm³/mol. The van der Waals surface area contributed by atoms with E-state index < -0.39 is 6.10 Å². The number of benzene rings is 2. The van der Waals surface area contributed by atoms with Crippen LogP contribution in [0.15, 0.2) is 45.3 Å². The van der Waals surface area contributed by atoms with Gasteiger partial charge in [-0.1, -0.05) is 40.2 Å². The lowest BCUT2D eigenvalue weighted by Crippen LogP contribution is -2.02. The van der Waals surface area contributed by atoms with Crippen molar-refractivity contribution in [1.29, 1.82) is 0 Å². The van der Waals surface area contributed by atoms with E-state index in [1.807, 2.05) is 50.2 Å². The van der Waals surface area contributed by atoms with Gasteiger partial charge in [0.2, 0.25) is 0 Å². The van der Waals surface area contributed by atoms with E-state index in [1.165, 1.54) is 0 Å². The molecule has 0 fully saturated rings. The number of hydrogen-bond acceptors (Lipinski definition) is 2. The summed E-state index contributed by atoms with van der Waals surface area (Å²) in [6.45, 7) is 4.57. The van der Waals surface area contributed by atoms with Gasteiger partial charge in [0.25, 0.3) is 0 Å². The topological polar surface area (TPSA) is 29.5 Å². The average Bonchev–Trinajstić information content (AvgIpc) is 2.43. The lowest BCUT2D eigenvalue weighted by Gasteiger charge is -2.16. The molecule has 0 radical (unpaired) electrons. The van der Waals surface area contributed by atoms with Crippen molar-refractivity contribution in [3.8, 4) is 5.75 Å². The summed E-state index contributed by atoms with van der Waals surface area (Å²) in [6, 6.07) is 11.5. The number of aliphatic hydroxyl groups excluding tert-OH is 1. The summed E-state index contributed by atoms with van der Waals surface area (Å²) in [4.78, 5) is 0. The zero-order valence-electron chi connectivity index (χ0n) is 11.4. The summed E-state index contributed by atoms with van der Waals surface area (Å²) in [5.74, 6) is 0.784. The van der Waals surface area contributed by atoms with Crippen LogP contribution in [0.4, 0.5) is 0 Å². The summed E-state index contributed by atoms with van der Waals surface area (Å²) >= 11 is 7.01. The highest BCUT2D eigenvalue weighted by Gasteiger charge is 2.16. The third kappa shape index (κ3) is 3.25. The molecule has 0 spiro atoms. The summed E-state index contributed by atoms with van der Waals surface area (Å²) < 4.78 is 7.27. The molecule has 4 heteroatoms. The van der Waals surface area contributed by atoms with E-state index in [4.69, 9.17) is 4.74 Å². The molecule has 0 aliphatic carbocycles. The maximum absolute atomic E-state index is 10.6. The quantitative estimate of drug-likeness (QED) is 0.783. The van der Waals surface area contributed by atoms with Crippen LogP contribution in [0, 0.1) is 6.92 Å². The van der Waals surface area contributed by atoms with E-state index >= 15 is 0 Å². The molecule has 2 rings (SSSR count). The Morgan fingerprint density at radius 1 is 1.20 bits per heavy atom. The Morgan fingerprint density at radius 3 is 2.60 bits per heavy atom. The second-order valence-corrected chi connectivity index (χ2v) is 6.15. The number of ether oxygens (including phenoxy) is 1. The molecular formula is C16H16Br2O2. The Morgan fingerprint density at radius 2 is 1.95 bits per heavy atom. The fraction of sp³-hybridized carbons (Fsp3) is 0.250. The van der Waals surface area contributed by atoms with Gasteiger partial charge >= 0.3 is 0 Å². The first-order valence-corrected chi connectivity index (χ1v) is 7.98. The number of rotatable bonds is 4. The summed E-state index contributed by atoms with van der Waals surface area (Å²) in [6.07, 6.45) is -0.670. The third-order valence-corrected chi connectivity index (χ3v) is 4.79. The first-order chi connectivity index (χ1) is 9.54. The van der Waals surface area contributed by atoms with Crippen LogP contribution in [-0.4, -0.2) is 11.7 Å². The van der Waals surface area contributed by atoms with Gasteiger partial charge in [-0.15, -0.1) is 0 Å². The highest BCUT2D eigenvalue weighted by atomic mass is 79.9. The van der Waals surface area contributed by atoms with Crippen molar-refractivity contribution in [2.45, 2.75) is 20.0 Å². The van der Waals surface area contributed by atoms with Gasteiger partial charge in [-0.05, 0) is 58.6 Å².